The minimum absolute atomic E-state index is 0.137. The fourth-order valence-electron chi connectivity index (χ4n) is 3.20. The summed E-state index contributed by atoms with van der Waals surface area (Å²) in [5.74, 6) is 0.0572. The zero-order chi connectivity index (χ0) is 16.4. The van der Waals surface area contributed by atoms with Gasteiger partial charge in [-0.1, -0.05) is 59.8 Å². The van der Waals surface area contributed by atoms with Crippen molar-refractivity contribution in [3.05, 3.63) is 77.6 Å². The van der Waals surface area contributed by atoms with Crippen molar-refractivity contribution >= 4 is 5.91 Å². The molecule has 1 aliphatic rings. The highest BCUT2D eigenvalue weighted by Crippen LogP contribution is 2.22. The highest BCUT2D eigenvalue weighted by Gasteiger charge is 2.22. The number of hydrogen-bond donors (Lipinski definition) is 1. The molecule has 1 amide bonds. The van der Waals surface area contributed by atoms with Crippen molar-refractivity contribution in [2.24, 2.45) is 0 Å². The number of aryl methyl sites for hydroxylation is 1. The van der Waals surface area contributed by atoms with Gasteiger partial charge in [0.05, 0.1) is 0 Å². The van der Waals surface area contributed by atoms with Gasteiger partial charge in [-0.15, -0.1) is 0 Å². The predicted molar refractivity (Wildman–Crippen MR) is 91.7 cm³/mol. The number of rotatable bonds is 3. The van der Waals surface area contributed by atoms with Crippen molar-refractivity contribution in [1.82, 2.24) is 10.5 Å². The normalized spacial score (nSPS) is 16.4. The Hall–Kier alpha value is -2.88. The largest absolute Gasteiger partial charge is 0.350 e. The van der Waals surface area contributed by atoms with Crippen LogP contribution in [0.5, 0.6) is 0 Å². The number of carbonyl (C=O) groups is 1. The lowest BCUT2D eigenvalue weighted by Gasteiger charge is -2.24. The van der Waals surface area contributed by atoms with Crippen LogP contribution in [0.25, 0.3) is 11.3 Å². The van der Waals surface area contributed by atoms with Crippen molar-refractivity contribution in [3.8, 4) is 11.3 Å². The molecule has 1 atom stereocenters. The fourth-order valence-corrected chi connectivity index (χ4v) is 3.20. The quantitative estimate of drug-likeness (QED) is 0.802. The third kappa shape index (κ3) is 2.95. The molecule has 1 N–H and O–H groups in total. The first-order chi connectivity index (χ1) is 11.8. The standard InChI is InChI=1S/C20H18N2O2/c23-20(19-13-18(22-24-19)15-7-2-1-3-8-15)21-17-11-10-14-6-4-5-9-16(14)12-17/h1-9,13,17H,10-12H2,(H,21,23). The van der Waals surface area contributed by atoms with E-state index in [0.29, 0.717) is 5.69 Å². The van der Waals surface area contributed by atoms with Gasteiger partial charge in [-0.2, -0.15) is 0 Å². The summed E-state index contributed by atoms with van der Waals surface area (Å²) >= 11 is 0. The van der Waals surface area contributed by atoms with Gasteiger partial charge >= 0.3 is 0 Å². The molecule has 0 saturated carbocycles. The summed E-state index contributed by atoms with van der Waals surface area (Å²) in [5, 5.41) is 7.07. The first-order valence-electron chi connectivity index (χ1n) is 8.19. The summed E-state index contributed by atoms with van der Waals surface area (Å²) in [6.45, 7) is 0. The van der Waals surface area contributed by atoms with Crippen LogP contribution in [0.4, 0.5) is 0 Å². The van der Waals surface area contributed by atoms with Gasteiger partial charge in [0, 0.05) is 17.7 Å². The van der Waals surface area contributed by atoms with Gasteiger partial charge in [-0.05, 0) is 30.4 Å². The van der Waals surface area contributed by atoms with Crippen LogP contribution in [-0.4, -0.2) is 17.1 Å². The molecule has 4 nitrogen and oxygen atoms in total. The van der Waals surface area contributed by atoms with Gasteiger partial charge in [0.15, 0.2) is 0 Å². The van der Waals surface area contributed by atoms with Crippen molar-refractivity contribution in [2.45, 2.75) is 25.3 Å². The Balaban J connectivity index is 1.45. The van der Waals surface area contributed by atoms with Gasteiger partial charge in [0.1, 0.15) is 5.69 Å². The maximum atomic E-state index is 12.4. The van der Waals surface area contributed by atoms with Crippen LogP contribution >= 0.6 is 0 Å². The predicted octanol–water partition coefficient (Wildman–Crippen LogP) is 3.63. The van der Waals surface area contributed by atoms with Crippen LogP contribution in [0.1, 0.15) is 28.1 Å². The van der Waals surface area contributed by atoms with E-state index in [1.165, 1.54) is 11.1 Å². The number of nitrogens with zero attached hydrogens (tertiary/aromatic N) is 1. The zero-order valence-corrected chi connectivity index (χ0v) is 13.2. The number of amides is 1. The van der Waals surface area contributed by atoms with E-state index in [-0.39, 0.29) is 17.7 Å². The van der Waals surface area contributed by atoms with Gasteiger partial charge in [0.2, 0.25) is 5.76 Å². The molecule has 2 aromatic carbocycles. The number of aromatic nitrogens is 1. The molecule has 0 bridgehead atoms. The van der Waals surface area contributed by atoms with Crippen LogP contribution in [0, 0.1) is 0 Å². The minimum Gasteiger partial charge on any atom is -0.350 e. The molecule has 4 heteroatoms. The Bertz CT molecular complexity index is 855. The Morgan fingerprint density at radius 1 is 1.04 bits per heavy atom. The van der Waals surface area contributed by atoms with E-state index >= 15 is 0 Å². The second-order valence-corrected chi connectivity index (χ2v) is 6.12. The lowest BCUT2D eigenvalue weighted by molar-refractivity contribution is 0.0896. The molecular weight excluding hydrogens is 300 g/mol. The number of carbonyl (C=O) groups excluding carboxylic acids is 1. The Labute approximate surface area is 140 Å². The molecule has 0 fully saturated rings. The third-order valence-electron chi connectivity index (χ3n) is 4.49. The van der Waals surface area contributed by atoms with Gasteiger partial charge in [-0.25, -0.2) is 0 Å². The summed E-state index contributed by atoms with van der Waals surface area (Å²) in [6, 6.07) is 19.9. The van der Waals surface area contributed by atoms with E-state index in [9.17, 15) is 4.79 Å². The average molecular weight is 318 g/mol. The topological polar surface area (TPSA) is 55.1 Å². The molecule has 4 rings (SSSR count). The molecular formula is C20H18N2O2. The number of nitrogens with one attached hydrogen (secondary N) is 1. The summed E-state index contributed by atoms with van der Waals surface area (Å²) in [4.78, 5) is 12.4. The van der Waals surface area contributed by atoms with Gasteiger partial charge in [-0.3, -0.25) is 4.79 Å². The maximum Gasteiger partial charge on any atom is 0.290 e. The fraction of sp³-hybridized carbons (Fsp3) is 0.200. The van der Waals surface area contributed by atoms with E-state index in [1.807, 2.05) is 36.4 Å². The molecule has 0 spiro atoms. The minimum atomic E-state index is -0.200. The second kappa shape index (κ2) is 6.32. The SMILES string of the molecule is O=C(NC1CCc2ccccc2C1)c1cc(-c2ccccc2)no1. The van der Waals surface area contributed by atoms with Crippen molar-refractivity contribution in [3.63, 3.8) is 0 Å². The molecule has 1 unspecified atom stereocenters. The molecule has 1 aromatic heterocycles. The smallest absolute Gasteiger partial charge is 0.290 e. The van der Waals surface area contributed by atoms with E-state index in [4.69, 9.17) is 4.52 Å². The van der Waals surface area contributed by atoms with Crippen LogP contribution < -0.4 is 5.32 Å². The monoisotopic (exact) mass is 318 g/mol. The number of hydrogen-bond acceptors (Lipinski definition) is 3. The van der Waals surface area contributed by atoms with Crippen LogP contribution in [0.2, 0.25) is 0 Å². The molecule has 0 radical (unpaired) electrons. The number of benzene rings is 2. The maximum absolute atomic E-state index is 12.4. The summed E-state index contributed by atoms with van der Waals surface area (Å²) in [6.07, 6.45) is 2.80. The van der Waals surface area contributed by atoms with Gasteiger partial charge in [0.25, 0.3) is 5.91 Å². The number of fused-ring (bicyclic) bond motifs is 1. The average Bonchev–Trinajstić information content (AvgIpc) is 3.13. The summed E-state index contributed by atoms with van der Waals surface area (Å²) < 4.78 is 5.23. The van der Waals surface area contributed by atoms with Crippen molar-refractivity contribution in [2.75, 3.05) is 0 Å². The molecule has 0 aliphatic heterocycles. The molecule has 3 aromatic rings. The molecule has 120 valence electrons. The molecule has 24 heavy (non-hydrogen) atoms. The summed E-state index contributed by atoms with van der Waals surface area (Å²) in [7, 11) is 0. The molecule has 1 aliphatic carbocycles. The van der Waals surface area contributed by atoms with Crippen LogP contribution in [-0.2, 0) is 12.8 Å². The van der Waals surface area contributed by atoms with E-state index in [0.717, 1.165) is 24.8 Å². The molecule has 0 saturated heterocycles. The second-order valence-electron chi connectivity index (χ2n) is 6.12. The first-order valence-corrected chi connectivity index (χ1v) is 8.19. The lowest BCUT2D eigenvalue weighted by Crippen LogP contribution is -2.38. The highest BCUT2D eigenvalue weighted by molar-refractivity contribution is 5.92. The van der Waals surface area contributed by atoms with Crippen molar-refractivity contribution in [1.29, 1.82) is 0 Å². The van der Waals surface area contributed by atoms with E-state index in [2.05, 4.69) is 28.7 Å². The van der Waals surface area contributed by atoms with Crippen LogP contribution in [0.3, 0.4) is 0 Å². The Morgan fingerprint density at radius 3 is 2.62 bits per heavy atom. The van der Waals surface area contributed by atoms with E-state index < -0.39 is 0 Å². The Morgan fingerprint density at radius 2 is 1.79 bits per heavy atom. The Kier molecular flexibility index (Phi) is 3.87. The third-order valence-corrected chi connectivity index (χ3v) is 4.49. The van der Waals surface area contributed by atoms with E-state index in [1.54, 1.807) is 6.07 Å². The zero-order valence-electron chi connectivity index (χ0n) is 13.2. The first kappa shape index (κ1) is 14.7. The highest BCUT2D eigenvalue weighted by atomic mass is 16.5. The van der Waals surface area contributed by atoms with Gasteiger partial charge < -0.3 is 9.84 Å². The lowest BCUT2D eigenvalue weighted by atomic mass is 9.88. The van der Waals surface area contributed by atoms with Crippen molar-refractivity contribution < 1.29 is 9.32 Å². The van der Waals surface area contributed by atoms with Crippen LogP contribution in [0.15, 0.2) is 65.2 Å². The molecule has 1 heterocycles. The summed E-state index contributed by atoms with van der Waals surface area (Å²) in [5.41, 5.74) is 4.31.